The van der Waals surface area contributed by atoms with E-state index in [1.54, 1.807) is 13.0 Å². The van der Waals surface area contributed by atoms with E-state index in [0.717, 1.165) is 32.1 Å². The maximum absolute atomic E-state index is 13.0. The first-order chi connectivity index (χ1) is 18.9. The van der Waals surface area contributed by atoms with Crippen LogP contribution in [-0.4, -0.2) is 41.0 Å². The minimum atomic E-state index is -0.988. The molecule has 7 heteroatoms. The molecular formula is C34H50O7. The van der Waals surface area contributed by atoms with Crippen LogP contribution < -0.4 is 0 Å². The van der Waals surface area contributed by atoms with Gasteiger partial charge in [0.1, 0.15) is 18.0 Å². The highest BCUT2D eigenvalue weighted by atomic mass is 16.5. The number of hydrogen-bond donors (Lipinski definition) is 1. The summed E-state index contributed by atoms with van der Waals surface area (Å²) in [4.78, 5) is 49.1. The molecule has 1 N–H and O–H groups in total. The second-order valence-electron chi connectivity index (χ2n) is 14.6. The Morgan fingerprint density at radius 2 is 1.63 bits per heavy atom. The van der Waals surface area contributed by atoms with E-state index < -0.39 is 17.5 Å². The normalized spacial score (nSPS) is 37.8. The van der Waals surface area contributed by atoms with Gasteiger partial charge < -0.3 is 14.6 Å². The number of rotatable bonds is 7. The molecule has 4 aliphatic carbocycles. The van der Waals surface area contributed by atoms with Gasteiger partial charge in [-0.2, -0.15) is 0 Å². The van der Waals surface area contributed by atoms with Gasteiger partial charge in [-0.3, -0.25) is 14.4 Å². The summed E-state index contributed by atoms with van der Waals surface area (Å²) < 4.78 is 12.0. The van der Waals surface area contributed by atoms with Crippen molar-refractivity contribution in [2.45, 2.75) is 126 Å². The fourth-order valence-corrected chi connectivity index (χ4v) is 9.93. The Morgan fingerprint density at radius 1 is 0.976 bits per heavy atom. The molecule has 228 valence electrons. The average Bonchev–Trinajstić information content (AvgIpc) is 3.10. The highest BCUT2D eigenvalue weighted by molar-refractivity contribution is 5.86. The van der Waals surface area contributed by atoms with Crippen molar-refractivity contribution in [1.82, 2.24) is 0 Å². The van der Waals surface area contributed by atoms with Crippen molar-refractivity contribution in [1.29, 1.82) is 0 Å². The molecule has 41 heavy (non-hydrogen) atoms. The van der Waals surface area contributed by atoms with Crippen molar-refractivity contribution >= 4 is 23.7 Å². The monoisotopic (exact) mass is 570 g/mol. The number of ether oxygens (including phenoxy) is 2. The number of allylic oxidation sites excluding steroid dienone is 1. The first-order valence-corrected chi connectivity index (χ1v) is 15.4. The molecule has 0 aromatic carbocycles. The largest absolute Gasteiger partial charge is 0.478 e. The first-order valence-electron chi connectivity index (χ1n) is 15.4. The number of carboxylic acid groups (broad SMARTS) is 1. The zero-order valence-corrected chi connectivity index (χ0v) is 26.5. The first kappa shape index (κ1) is 31.5. The predicted octanol–water partition coefficient (Wildman–Crippen LogP) is 6.84. The van der Waals surface area contributed by atoms with Gasteiger partial charge in [0.2, 0.25) is 0 Å². The van der Waals surface area contributed by atoms with E-state index >= 15 is 0 Å². The van der Waals surface area contributed by atoms with Gasteiger partial charge in [0.05, 0.1) is 0 Å². The van der Waals surface area contributed by atoms with E-state index in [2.05, 4.69) is 41.5 Å². The lowest BCUT2D eigenvalue weighted by Gasteiger charge is -2.61. The molecule has 0 aromatic rings. The minimum absolute atomic E-state index is 0.0563. The number of carbonyl (C=O) groups excluding carboxylic acids is 3. The second kappa shape index (κ2) is 10.7. The molecule has 0 aromatic heterocycles. The third-order valence-electron chi connectivity index (χ3n) is 12.4. The molecule has 0 bridgehead atoms. The quantitative estimate of drug-likeness (QED) is 0.203. The Morgan fingerprint density at radius 3 is 2.22 bits per heavy atom. The predicted molar refractivity (Wildman–Crippen MR) is 156 cm³/mol. The number of Topliss-reactive ketones (excluding diaryl/α,β-unsaturated/α-hetero) is 1. The lowest BCUT2D eigenvalue weighted by molar-refractivity contribution is -0.155. The minimum Gasteiger partial charge on any atom is -0.478 e. The van der Waals surface area contributed by atoms with Crippen LogP contribution in [0.2, 0.25) is 0 Å². The summed E-state index contributed by atoms with van der Waals surface area (Å²) in [6, 6.07) is 0. The molecular weight excluding hydrogens is 520 g/mol. The summed E-state index contributed by atoms with van der Waals surface area (Å²) in [7, 11) is 0. The maximum Gasteiger partial charge on any atom is 0.330 e. The molecule has 4 rings (SSSR count). The number of ketones is 1. The summed E-state index contributed by atoms with van der Waals surface area (Å²) in [6.07, 6.45) is 7.00. The highest BCUT2D eigenvalue weighted by Crippen LogP contribution is 2.72. The molecule has 0 saturated heterocycles. The number of esters is 2. The van der Waals surface area contributed by atoms with Crippen LogP contribution in [-0.2, 0) is 28.7 Å². The standard InChI is InChI=1S/C34H50O7/c1-19(30(38)39)10-12-26(40-21(3)35)20(2)25-18-29(41-22(4)36)34(9)24-11-13-27-31(5,6)28(37)15-16-32(27,7)23(24)14-17-33(25,34)8/h10,20,25-27,29H,11-18H2,1-9H3,(H,38,39). The smallest absolute Gasteiger partial charge is 0.330 e. The number of carbonyl (C=O) groups is 4. The van der Waals surface area contributed by atoms with Crippen LogP contribution in [0.1, 0.15) is 114 Å². The van der Waals surface area contributed by atoms with Gasteiger partial charge in [0.25, 0.3) is 0 Å². The number of aliphatic carboxylic acids is 1. The third-order valence-corrected chi connectivity index (χ3v) is 12.4. The molecule has 7 nitrogen and oxygen atoms in total. The van der Waals surface area contributed by atoms with Gasteiger partial charge in [-0.15, -0.1) is 0 Å². The van der Waals surface area contributed by atoms with E-state index in [-0.39, 0.29) is 51.7 Å². The van der Waals surface area contributed by atoms with Crippen LogP contribution in [0.5, 0.6) is 0 Å². The summed E-state index contributed by atoms with van der Waals surface area (Å²) in [6.45, 7) is 17.8. The van der Waals surface area contributed by atoms with Crippen LogP contribution in [0, 0.1) is 39.4 Å². The number of fused-ring (bicyclic) bond motifs is 4. The Kier molecular flexibility index (Phi) is 8.20. The van der Waals surface area contributed by atoms with Crippen molar-refractivity contribution in [2.75, 3.05) is 0 Å². The third kappa shape index (κ3) is 4.89. The van der Waals surface area contributed by atoms with E-state index in [9.17, 15) is 24.3 Å². The molecule has 0 aliphatic heterocycles. The second-order valence-corrected chi connectivity index (χ2v) is 14.6. The lowest BCUT2D eigenvalue weighted by Crippen LogP contribution is -2.55. The maximum atomic E-state index is 13.0. The Hall–Kier alpha value is -2.44. The average molecular weight is 571 g/mol. The molecule has 0 amide bonds. The fraction of sp³-hybridized carbons (Fsp3) is 0.765. The Balaban J connectivity index is 1.79. The van der Waals surface area contributed by atoms with Crippen molar-refractivity contribution in [2.24, 2.45) is 39.4 Å². The van der Waals surface area contributed by atoms with E-state index in [1.807, 2.05) is 0 Å². The van der Waals surface area contributed by atoms with E-state index in [0.29, 0.717) is 31.0 Å². The van der Waals surface area contributed by atoms with Crippen molar-refractivity contribution in [3.63, 3.8) is 0 Å². The SMILES string of the molecule is CC(=O)OC(CC=C(C)C(=O)O)C(C)C1CC(OC(C)=O)C2(C)C3=C(CCC12C)C1(C)CCC(=O)C(C)(C)C1CC3. The molecule has 2 fully saturated rings. The van der Waals surface area contributed by atoms with Gasteiger partial charge in [0.15, 0.2) is 0 Å². The molecule has 2 saturated carbocycles. The molecule has 0 heterocycles. The van der Waals surface area contributed by atoms with Gasteiger partial charge in [-0.25, -0.2) is 4.79 Å². The summed E-state index contributed by atoms with van der Waals surface area (Å²) in [5.74, 6) is -1.000. The fourth-order valence-electron chi connectivity index (χ4n) is 9.93. The van der Waals surface area contributed by atoms with Crippen LogP contribution in [0.15, 0.2) is 22.8 Å². The van der Waals surface area contributed by atoms with E-state index in [1.165, 1.54) is 25.0 Å². The summed E-state index contributed by atoms with van der Waals surface area (Å²) in [5.41, 5.74) is 2.10. The van der Waals surface area contributed by atoms with Crippen LogP contribution in [0.25, 0.3) is 0 Å². The van der Waals surface area contributed by atoms with Crippen LogP contribution in [0.3, 0.4) is 0 Å². The van der Waals surface area contributed by atoms with Crippen LogP contribution in [0.4, 0.5) is 0 Å². The molecule has 8 atom stereocenters. The van der Waals surface area contributed by atoms with Gasteiger partial charge in [-0.1, -0.05) is 58.8 Å². The topological polar surface area (TPSA) is 107 Å². The molecule has 0 spiro atoms. The van der Waals surface area contributed by atoms with Gasteiger partial charge in [0, 0.05) is 43.1 Å². The number of carboxylic acids is 1. The number of hydrogen-bond acceptors (Lipinski definition) is 6. The molecule has 8 unspecified atom stereocenters. The summed E-state index contributed by atoms with van der Waals surface area (Å²) in [5, 5.41) is 9.39. The van der Waals surface area contributed by atoms with E-state index in [4.69, 9.17) is 9.47 Å². The van der Waals surface area contributed by atoms with Gasteiger partial charge in [-0.05, 0) is 74.0 Å². The van der Waals surface area contributed by atoms with Crippen molar-refractivity contribution in [3.05, 3.63) is 22.8 Å². The van der Waals surface area contributed by atoms with Crippen LogP contribution >= 0.6 is 0 Å². The zero-order valence-electron chi connectivity index (χ0n) is 26.5. The van der Waals surface area contributed by atoms with Crippen molar-refractivity contribution < 1.29 is 33.8 Å². The summed E-state index contributed by atoms with van der Waals surface area (Å²) >= 11 is 0. The lowest BCUT2D eigenvalue weighted by atomic mass is 9.43. The molecule has 4 aliphatic rings. The zero-order chi connectivity index (χ0) is 30.7. The molecule has 0 radical (unpaired) electrons. The highest BCUT2D eigenvalue weighted by Gasteiger charge is 2.68. The Labute approximate surface area is 245 Å². The Bertz CT molecular complexity index is 1190. The van der Waals surface area contributed by atoms with Crippen molar-refractivity contribution in [3.8, 4) is 0 Å². The van der Waals surface area contributed by atoms with Gasteiger partial charge >= 0.3 is 17.9 Å².